The van der Waals surface area contributed by atoms with E-state index in [-0.39, 0.29) is 21.8 Å². The molecule has 1 N–H and O–H groups in total. The Morgan fingerprint density at radius 1 is 1.44 bits per heavy atom. The lowest BCUT2D eigenvalue weighted by Gasteiger charge is -2.12. The molecule has 1 amide bonds. The van der Waals surface area contributed by atoms with E-state index in [1.165, 1.54) is 19.0 Å². The van der Waals surface area contributed by atoms with Crippen LogP contribution in [0.15, 0.2) is 27.6 Å². The molecule has 0 heterocycles. The summed E-state index contributed by atoms with van der Waals surface area (Å²) in [4.78, 5) is 12.4. The molecule has 0 unspecified atom stereocenters. The molecule has 0 radical (unpaired) electrons. The number of carbonyl (C=O) groups is 1. The number of halogens is 2. The topological polar surface area (TPSA) is 66.5 Å². The maximum atomic E-state index is 12.8. The summed E-state index contributed by atoms with van der Waals surface area (Å²) >= 11 is 2.96. The van der Waals surface area contributed by atoms with Crippen LogP contribution in [0.5, 0.6) is 0 Å². The van der Waals surface area contributed by atoms with E-state index in [0.29, 0.717) is 0 Å². The van der Waals surface area contributed by atoms with Gasteiger partial charge in [-0.15, -0.1) is 0 Å². The lowest BCUT2D eigenvalue weighted by molar-refractivity contribution is -0.127. The lowest BCUT2D eigenvalue weighted by Crippen LogP contribution is -2.36. The van der Waals surface area contributed by atoms with E-state index < -0.39 is 15.8 Å². The summed E-state index contributed by atoms with van der Waals surface area (Å²) < 4.78 is 38.8. The van der Waals surface area contributed by atoms with Crippen molar-refractivity contribution < 1.29 is 17.6 Å². The average Bonchev–Trinajstić information content (AvgIpc) is 2.25. The molecule has 0 saturated carbocycles. The molecule has 0 saturated heterocycles. The van der Waals surface area contributed by atoms with Gasteiger partial charge in [-0.25, -0.2) is 17.5 Å². The fourth-order valence-electron chi connectivity index (χ4n) is 1.09. The number of amides is 1. The maximum absolute atomic E-state index is 12.8. The molecular weight excluding hydrogens is 327 g/mol. The molecule has 0 aliphatic carbocycles. The van der Waals surface area contributed by atoms with Crippen LogP contribution in [0.3, 0.4) is 0 Å². The second-order valence-electron chi connectivity index (χ2n) is 3.69. The van der Waals surface area contributed by atoms with Crippen molar-refractivity contribution in [2.45, 2.75) is 4.90 Å². The molecule has 18 heavy (non-hydrogen) atoms. The van der Waals surface area contributed by atoms with Gasteiger partial charge in [0.2, 0.25) is 15.9 Å². The number of carbonyl (C=O) groups excluding carboxylic acids is 1. The Morgan fingerprint density at radius 3 is 2.56 bits per heavy atom. The number of hydrogen-bond acceptors (Lipinski definition) is 3. The standard InChI is InChI=1S/C10H12BrFN2O3S/c1-14(2)10(15)6-13-18(16,17)9-4-3-7(12)5-8(9)11/h3-5,13H,6H2,1-2H3. The zero-order chi connectivity index (χ0) is 13.9. The van der Waals surface area contributed by atoms with Crippen molar-refractivity contribution in [2.24, 2.45) is 0 Å². The van der Waals surface area contributed by atoms with E-state index >= 15 is 0 Å². The van der Waals surface area contributed by atoms with Gasteiger partial charge in [0.1, 0.15) is 5.82 Å². The second-order valence-corrected chi connectivity index (χ2v) is 6.28. The molecule has 0 aromatic heterocycles. The van der Waals surface area contributed by atoms with Crippen molar-refractivity contribution >= 4 is 31.9 Å². The van der Waals surface area contributed by atoms with Crippen LogP contribution in [0.1, 0.15) is 0 Å². The number of hydrogen-bond donors (Lipinski definition) is 1. The summed E-state index contributed by atoms with van der Waals surface area (Å²) in [7, 11) is -0.811. The molecule has 0 spiro atoms. The number of rotatable bonds is 4. The van der Waals surface area contributed by atoms with Gasteiger partial charge in [0.05, 0.1) is 11.4 Å². The fourth-order valence-corrected chi connectivity index (χ4v) is 3.11. The highest BCUT2D eigenvalue weighted by Gasteiger charge is 2.19. The Balaban J connectivity index is 2.90. The van der Waals surface area contributed by atoms with Crippen LogP contribution < -0.4 is 4.72 Å². The Kier molecular flexibility index (Phi) is 4.83. The van der Waals surface area contributed by atoms with E-state index in [4.69, 9.17) is 0 Å². The Morgan fingerprint density at radius 2 is 2.06 bits per heavy atom. The van der Waals surface area contributed by atoms with Gasteiger partial charge in [-0.3, -0.25) is 4.79 Å². The highest BCUT2D eigenvalue weighted by atomic mass is 79.9. The highest BCUT2D eigenvalue weighted by Crippen LogP contribution is 2.22. The van der Waals surface area contributed by atoms with Gasteiger partial charge in [0.15, 0.2) is 0 Å². The normalized spacial score (nSPS) is 11.3. The minimum Gasteiger partial charge on any atom is -0.348 e. The third-order valence-electron chi connectivity index (χ3n) is 2.10. The number of benzene rings is 1. The highest BCUT2D eigenvalue weighted by molar-refractivity contribution is 9.10. The first-order valence-electron chi connectivity index (χ1n) is 4.89. The van der Waals surface area contributed by atoms with Crippen LogP contribution in [0, 0.1) is 5.82 Å². The molecule has 5 nitrogen and oxygen atoms in total. The first-order chi connectivity index (χ1) is 8.24. The van der Waals surface area contributed by atoms with Gasteiger partial charge in [0.25, 0.3) is 0 Å². The fraction of sp³-hybridized carbons (Fsp3) is 0.300. The zero-order valence-electron chi connectivity index (χ0n) is 9.78. The second kappa shape index (κ2) is 5.77. The summed E-state index contributed by atoms with van der Waals surface area (Å²) in [5.41, 5.74) is 0. The number of likely N-dealkylation sites (N-methyl/N-ethyl adjacent to an activating group) is 1. The number of nitrogens with zero attached hydrogens (tertiary/aromatic N) is 1. The summed E-state index contributed by atoms with van der Waals surface area (Å²) in [5, 5.41) is 0. The van der Waals surface area contributed by atoms with Crippen molar-refractivity contribution in [1.82, 2.24) is 9.62 Å². The van der Waals surface area contributed by atoms with Crippen molar-refractivity contribution in [2.75, 3.05) is 20.6 Å². The van der Waals surface area contributed by atoms with Crippen molar-refractivity contribution in [3.05, 3.63) is 28.5 Å². The van der Waals surface area contributed by atoms with Crippen molar-refractivity contribution in [3.8, 4) is 0 Å². The minimum atomic E-state index is -3.85. The van der Waals surface area contributed by atoms with Crippen molar-refractivity contribution in [3.63, 3.8) is 0 Å². The minimum absolute atomic E-state index is 0.104. The van der Waals surface area contributed by atoms with Crippen LogP contribution in [0.25, 0.3) is 0 Å². The molecule has 0 fully saturated rings. The Labute approximate surface area is 113 Å². The SMILES string of the molecule is CN(C)C(=O)CNS(=O)(=O)c1ccc(F)cc1Br. The third kappa shape index (κ3) is 3.76. The molecule has 0 atom stereocenters. The van der Waals surface area contributed by atoms with Gasteiger partial charge in [0, 0.05) is 18.6 Å². The van der Waals surface area contributed by atoms with Crippen LogP contribution in [0.4, 0.5) is 4.39 Å². The van der Waals surface area contributed by atoms with Gasteiger partial charge in [-0.05, 0) is 34.1 Å². The van der Waals surface area contributed by atoms with Crippen LogP contribution in [0.2, 0.25) is 0 Å². The van der Waals surface area contributed by atoms with Crippen molar-refractivity contribution in [1.29, 1.82) is 0 Å². The van der Waals surface area contributed by atoms with Gasteiger partial charge in [-0.2, -0.15) is 0 Å². The van der Waals surface area contributed by atoms with E-state index in [9.17, 15) is 17.6 Å². The number of nitrogens with one attached hydrogen (secondary N) is 1. The molecule has 1 aromatic rings. The summed E-state index contributed by atoms with van der Waals surface area (Å²) in [6.07, 6.45) is 0. The van der Waals surface area contributed by atoms with Crippen LogP contribution in [-0.4, -0.2) is 39.9 Å². The summed E-state index contributed by atoms with van der Waals surface area (Å²) in [5.74, 6) is -0.929. The molecule has 0 aliphatic rings. The predicted octanol–water partition coefficient (Wildman–Crippen LogP) is 0.955. The molecule has 1 aromatic carbocycles. The first-order valence-corrected chi connectivity index (χ1v) is 7.16. The summed E-state index contributed by atoms with van der Waals surface area (Å²) in [6, 6.07) is 3.21. The largest absolute Gasteiger partial charge is 0.348 e. The molecule has 8 heteroatoms. The van der Waals surface area contributed by atoms with E-state index in [2.05, 4.69) is 20.7 Å². The first kappa shape index (κ1) is 15.1. The van der Waals surface area contributed by atoms with Gasteiger partial charge < -0.3 is 4.90 Å². The van der Waals surface area contributed by atoms with E-state index in [0.717, 1.165) is 18.2 Å². The molecule has 0 bridgehead atoms. The van der Waals surface area contributed by atoms with Crippen LogP contribution >= 0.6 is 15.9 Å². The smallest absolute Gasteiger partial charge is 0.242 e. The number of sulfonamides is 1. The zero-order valence-corrected chi connectivity index (χ0v) is 12.2. The molecule has 100 valence electrons. The third-order valence-corrected chi connectivity index (χ3v) is 4.47. The molecular formula is C10H12BrFN2O3S. The van der Waals surface area contributed by atoms with E-state index in [1.54, 1.807) is 0 Å². The summed E-state index contributed by atoms with van der Waals surface area (Å²) in [6.45, 7) is -0.348. The molecule has 0 aliphatic heterocycles. The van der Waals surface area contributed by atoms with Gasteiger partial charge in [-0.1, -0.05) is 0 Å². The van der Waals surface area contributed by atoms with Gasteiger partial charge >= 0.3 is 0 Å². The monoisotopic (exact) mass is 338 g/mol. The van der Waals surface area contributed by atoms with Crippen LogP contribution in [-0.2, 0) is 14.8 Å². The Hall–Kier alpha value is -0.990. The lowest BCUT2D eigenvalue weighted by atomic mass is 10.3. The van der Waals surface area contributed by atoms with E-state index in [1.807, 2.05) is 0 Å². The average molecular weight is 339 g/mol. The quantitative estimate of drug-likeness (QED) is 0.888. The Bertz CT molecular complexity index is 560. The predicted molar refractivity (Wildman–Crippen MR) is 68.0 cm³/mol. The molecule has 1 rings (SSSR count). The maximum Gasteiger partial charge on any atom is 0.242 e.